The van der Waals surface area contributed by atoms with Crippen molar-refractivity contribution >= 4 is 0 Å². The Balaban J connectivity index is 1.35. The third kappa shape index (κ3) is 4.70. The molecule has 1 aromatic carbocycles. The van der Waals surface area contributed by atoms with Gasteiger partial charge in [0.25, 0.3) is 5.56 Å². The lowest BCUT2D eigenvalue weighted by atomic mass is 10.0. The summed E-state index contributed by atoms with van der Waals surface area (Å²) in [4.78, 5) is 31.2. The number of pyridine rings is 1. The molecular formula is C25H26N6O2. The fourth-order valence-electron chi connectivity index (χ4n) is 4.23. The van der Waals surface area contributed by atoms with E-state index in [-0.39, 0.29) is 5.56 Å². The summed E-state index contributed by atoms with van der Waals surface area (Å²) in [5.41, 5.74) is 4.50. The highest BCUT2D eigenvalue weighted by Crippen LogP contribution is 2.24. The summed E-state index contributed by atoms with van der Waals surface area (Å²) in [6.07, 6.45) is 7.97. The third-order valence-electron chi connectivity index (χ3n) is 5.80. The molecule has 0 saturated carbocycles. The summed E-state index contributed by atoms with van der Waals surface area (Å²) < 4.78 is 7.87. The first kappa shape index (κ1) is 21.1. The summed E-state index contributed by atoms with van der Waals surface area (Å²) in [6, 6.07) is 11.9. The molecule has 4 aromatic rings. The lowest BCUT2D eigenvalue weighted by Gasteiger charge is -2.28. The molecule has 0 bridgehead atoms. The van der Waals surface area contributed by atoms with Crippen molar-refractivity contribution in [1.29, 1.82) is 0 Å². The monoisotopic (exact) mass is 442 g/mol. The molecule has 8 nitrogen and oxygen atoms in total. The van der Waals surface area contributed by atoms with Crippen LogP contribution in [0.25, 0.3) is 11.5 Å². The molecule has 0 amide bonds. The minimum absolute atomic E-state index is 0.0853. The summed E-state index contributed by atoms with van der Waals surface area (Å²) in [5, 5.41) is 0. The number of rotatable bonds is 7. The Labute approximate surface area is 191 Å². The predicted molar refractivity (Wildman–Crippen MR) is 125 cm³/mol. The zero-order chi connectivity index (χ0) is 22.6. The predicted octanol–water partition coefficient (Wildman–Crippen LogP) is 3.03. The Morgan fingerprint density at radius 2 is 2.09 bits per heavy atom. The van der Waals surface area contributed by atoms with Gasteiger partial charge in [-0.05, 0) is 36.8 Å². The van der Waals surface area contributed by atoms with Crippen LogP contribution in [0.15, 0.2) is 66.1 Å². The number of ether oxygens (including phenoxy) is 1. The van der Waals surface area contributed by atoms with E-state index in [1.165, 1.54) is 5.56 Å². The number of hydrogen-bond donors (Lipinski definition) is 1. The normalized spacial score (nSPS) is 13.6. The molecule has 168 valence electrons. The summed E-state index contributed by atoms with van der Waals surface area (Å²) >= 11 is 0. The molecule has 0 atom stereocenters. The number of nitrogens with one attached hydrogen (secondary N) is 1. The largest absolute Gasteiger partial charge is 0.494 e. The number of aromatic nitrogens is 5. The Hall–Kier alpha value is -3.78. The van der Waals surface area contributed by atoms with E-state index >= 15 is 0 Å². The van der Waals surface area contributed by atoms with Crippen LogP contribution in [0.5, 0.6) is 5.75 Å². The topological polar surface area (TPSA) is 88.9 Å². The standard InChI is InChI=1S/C25H26N6O2/c1-2-33-23-7-6-18(13-19(23)15-31-12-10-26-17-31)14-30-11-8-21-20(16-30)25(32)29-24(28-21)22-5-3-4-9-27-22/h3-7,9-10,12-13,17H,2,8,11,14-16H2,1H3,(H,28,29,32). The second-order valence-corrected chi connectivity index (χ2v) is 8.13. The smallest absolute Gasteiger partial charge is 0.255 e. The first-order valence-electron chi connectivity index (χ1n) is 11.2. The Bertz CT molecular complexity index is 1280. The summed E-state index contributed by atoms with van der Waals surface area (Å²) in [5.74, 6) is 1.42. The van der Waals surface area contributed by atoms with Gasteiger partial charge < -0.3 is 14.3 Å². The van der Waals surface area contributed by atoms with Crippen LogP contribution in [0.2, 0.25) is 0 Å². The maximum Gasteiger partial charge on any atom is 0.255 e. The Kier molecular flexibility index (Phi) is 5.99. The number of nitrogens with zero attached hydrogens (tertiary/aromatic N) is 5. The molecule has 0 fully saturated rings. The number of benzene rings is 1. The van der Waals surface area contributed by atoms with Gasteiger partial charge in [-0.2, -0.15) is 0 Å². The molecule has 1 N–H and O–H groups in total. The van der Waals surface area contributed by atoms with Crippen LogP contribution >= 0.6 is 0 Å². The van der Waals surface area contributed by atoms with E-state index in [0.717, 1.165) is 42.1 Å². The van der Waals surface area contributed by atoms with Crippen molar-refractivity contribution in [3.05, 3.63) is 94.1 Å². The van der Waals surface area contributed by atoms with Crippen molar-refractivity contribution in [3.8, 4) is 17.3 Å². The van der Waals surface area contributed by atoms with Crippen molar-refractivity contribution in [2.24, 2.45) is 0 Å². The van der Waals surface area contributed by atoms with Gasteiger partial charge in [-0.15, -0.1) is 0 Å². The van der Waals surface area contributed by atoms with E-state index in [1.54, 1.807) is 12.4 Å². The number of H-pyrrole nitrogens is 1. The van der Waals surface area contributed by atoms with Crippen molar-refractivity contribution in [3.63, 3.8) is 0 Å². The second-order valence-electron chi connectivity index (χ2n) is 8.13. The lowest BCUT2D eigenvalue weighted by molar-refractivity contribution is 0.241. The van der Waals surface area contributed by atoms with E-state index in [0.29, 0.717) is 31.2 Å². The van der Waals surface area contributed by atoms with Crippen LogP contribution in [0, 0.1) is 0 Å². The maximum atomic E-state index is 12.8. The van der Waals surface area contributed by atoms with Crippen LogP contribution in [-0.4, -0.2) is 42.6 Å². The van der Waals surface area contributed by atoms with Gasteiger partial charge in [0.05, 0.1) is 30.7 Å². The molecule has 8 heteroatoms. The van der Waals surface area contributed by atoms with Crippen molar-refractivity contribution in [1.82, 2.24) is 29.4 Å². The average Bonchev–Trinajstić information content (AvgIpc) is 3.35. The van der Waals surface area contributed by atoms with Crippen molar-refractivity contribution in [2.45, 2.75) is 33.0 Å². The number of fused-ring (bicyclic) bond motifs is 1. The van der Waals surface area contributed by atoms with Crippen molar-refractivity contribution < 1.29 is 4.74 Å². The highest BCUT2D eigenvalue weighted by atomic mass is 16.5. The average molecular weight is 443 g/mol. The van der Waals surface area contributed by atoms with Gasteiger partial charge >= 0.3 is 0 Å². The molecule has 0 unspecified atom stereocenters. The number of aromatic amines is 1. The van der Waals surface area contributed by atoms with Gasteiger partial charge in [0, 0.05) is 50.2 Å². The molecule has 0 spiro atoms. The number of imidazole rings is 1. The zero-order valence-electron chi connectivity index (χ0n) is 18.6. The SMILES string of the molecule is CCOc1ccc(CN2CCc3nc(-c4ccccn4)[nH]c(=O)c3C2)cc1Cn1ccnc1. The van der Waals surface area contributed by atoms with Crippen LogP contribution in [0.3, 0.4) is 0 Å². The molecule has 3 aromatic heterocycles. The molecule has 5 rings (SSSR count). The van der Waals surface area contributed by atoms with Gasteiger partial charge in [-0.1, -0.05) is 12.1 Å². The molecule has 1 aliphatic heterocycles. The number of hydrogen-bond acceptors (Lipinski definition) is 6. The minimum Gasteiger partial charge on any atom is -0.494 e. The van der Waals surface area contributed by atoms with E-state index < -0.39 is 0 Å². The quantitative estimate of drug-likeness (QED) is 0.473. The molecule has 4 heterocycles. The molecule has 0 saturated heterocycles. The molecule has 0 radical (unpaired) electrons. The highest BCUT2D eigenvalue weighted by molar-refractivity contribution is 5.49. The van der Waals surface area contributed by atoms with Gasteiger partial charge in [0.2, 0.25) is 0 Å². The molecule has 1 aliphatic rings. The van der Waals surface area contributed by atoms with Crippen LogP contribution < -0.4 is 10.3 Å². The Morgan fingerprint density at radius 3 is 2.88 bits per heavy atom. The van der Waals surface area contributed by atoms with Crippen LogP contribution in [0.4, 0.5) is 0 Å². The van der Waals surface area contributed by atoms with E-state index in [1.807, 2.05) is 48.3 Å². The molecule has 0 aliphatic carbocycles. The maximum absolute atomic E-state index is 12.8. The highest BCUT2D eigenvalue weighted by Gasteiger charge is 2.22. The van der Waals surface area contributed by atoms with E-state index in [4.69, 9.17) is 9.72 Å². The fourth-order valence-corrected chi connectivity index (χ4v) is 4.23. The third-order valence-corrected chi connectivity index (χ3v) is 5.80. The summed E-state index contributed by atoms with van der Waals surface area (Å²) in [6.45, 7) is 5.48. The van der Waals surface area contributed by atoms with E-state index in [2.05, 4.69) is 32.0 Å². The lowest BCUT2D eigenvalue weighted by Crippen LogP contribution is -2.35. The van der Waals surface area contributed by atoms with E-state index in [9.17, 15) is 4.79 Å². The minimum atomic E-state index is -0.0853. The first-order chi connectivity index (χ1) is 16.2. The van der Waals surface area contributed by atoms with Crippen LogP contribution in [0.1, 0.15) is 29.3 Å². The molecule has 33 heavy (non-hydrogen) atoms. The summed E-state index contributed by atoms with van der Waals surface area (Å²) in [7, 11) is 0. The van der Waals surface area contributed by atoms with Gasteiger partial charge in [-0.25, -0.2) is 9.97 Å². The van der Waals surface area contributed by atoms with Gasteiger partial charge in [0.15, 0.2) is 5.82 Å². The van der Waals surface area contributed by atoms with Gasteiger partial charge in [-0.3, -0.25) is 14.7 Å². The first-order valence-corrected chi connectivity index (χ1v) is 11.2. The molecular weight excluding hydrogens is 416 g/mol. The second kappa shape index (κ2) is 9.38. The Morgan fingerprint density at radius 1 is 1.15 bits per heavy atom. The van der Waals surface area contributed by atoms with Gasteiger partial charge in [0.1, 0.15) is 11.4 Å². The fraction of sp³-hybridized carbons (Fsp3) is 0.280. The zero-order valence-corrected chi connectivity index (χ0v) is 18.6. The van der Waals surface area contributed by atoms with Crippen LogP contribution in [-0.2, 0) is 26.1 Å². The van der Waals surface area contributed by atoms with Crippen molar-refractivity contribution in [2.75, 3.05) is 13.2 Å².